The van der Waals surface area contributed by atoms with Gasteiger partial charge >= 0.3 is 0 Å². The Morgan fingerprint density at radius 1 is 0.935 bits per heavy atom. The highest BCUT2D eigenvalue weighted by atomic mass is 16.3. The molecule has 0 aliphatic carbocycles. The van der Waals surface area contributed by atoms with Gasteiger partial charge in [0.15, 0.2) is 11.5 Å². The number of phenolic OH excluding ortho intramolecular Hbond substituents is 1. The van der Waals surface area contributed by atoms with E-state index in [0.29, 0.717) is 17.0 Å². The lowest BCUT2D eigenvalue weighted by Gasteiger charge is -1.98. The molecule has 1 N–H and O–H groups in total. The summed E-state index contributed by atoms with van der Waals surface area (Å²) in [6.07, 6.45) is 5.07. The maximum absolute atomic E-state index is 12.6. The second kappa shape index (κ2) is 7.80. The number of fused-ring (bicyclic) bond motifs is 1. The van der Waals surface area contributed by atoms with Crippen molar-refractivity contribution in [1.29, 1.82) is 0 Å². The molecule has 5 aromatic rings. The van der Waals surface area contributed by atoms with Crippen molar-refractivity contribution in [2.75, 3.05) is 0 Å². The maximum Gasteiger partial charge on any atom is 0.185 e. The first kappa shape index (κ1) is 18.6. The van der Waals surface area contributed by atoms with Gasteiger partial charge in [0, 0.05) is 22.7 Å². The molecule has 2 heterocycles. The number of carbonyl (C=O) groups is 1. The summed E-state index contributed by atoms with van der Waals surface area (Å²) in [6.45, 7) is 0. The molecule has 5 rings (SSSR count). The number of allylic oxidation sites excluding steroid dienone is 1. The SMILES string of the molecule is O=C(/C=C/c1cn(-c2ccccc2)nc1-c1cc2ccccc2o1)c1cccc(O)c1. The number of benzene rings is 3. The standard InChI is InChI=1S/C26H18N2O3/c29-22-11-6-8-18(15-22)23(30)14-13-20-17-28(21-9-2-1-3-10-21)27-26(20)25-16-19-7-4-5-12-24(19)31-25/h1-17,29H/b14-13+. The molecule has 0 aliphatic rings. The average Bonchev–Trinajstić information content (AvgIpc) is 3.42. The van der Waals surface area contributed by atoms with Crippen molar-refractivity contribution in [1.82, 2.24) is 9.78 Å². The number of carbonyl (C=O) groups excluding carboxylic acids is 1. The van der Waals surface area contributed by atoms with Crippen LogP contribution in [-0.4, -0.2) is 20.7 Å². The highest BCUT2D eigenvalue weighted by molar-refractivity contribution is 6.07. The van der Waals surface area contributed by atoms with Crippen molar-refractivity contribution in [2.45, 2.75) is 0 Å². The zero-order valence-electron chi connectivity index (χ0n) is 16.5. The zero-order valence-corrected chi connectivity index (χ0v) is 16.5. The molecule has 0 radical (unpaired) electrons. The minimum absolute atomic E-state index is 0.0547. The Morgan fingerprint density at radius 3 is 2.55 bits per heavy atom. The number of nitrogens with zero attached hydrogens (tertiary/aromatic N) is 2. The zero-order chi connectivity index (χ0) is 21.2. The number of furan rings is 1. The number of phenols is 1. The molecule has 0 amide bonds. The van der Waals surface area contributed by atoms with E-state index in [1.807, 2.05) is 66.9 Å². The predicted octanol–water partition coefficient (Wildman–Crippen LogP) is 5.89. The molecular formula is C26H18N2O3. The van der Waals surface area contributed by atoms with E-state index >= 15 is 0 Å². The van der Waals surface area contributed by atoms with Crippen molar-refractivity contribution < 1.29 is 14.3 Å². The third-order valence-corrected chi connectivity index (χ3v) is 4.97. The van der Waals surface area contributed by atoms with Crippen molar-refractivity contribution in [3.63, 3.8) is 0 Å². The first-order valence-corrected chi connectivity index (χ1v) is 9.83. The molecule has 0 saturated heterocycles. The van der Waals surface area contributed by atoms with Crippen LogP contribution in [0.3, 0.4) is 0 Å². The molecule has 5 heteroatoms. The van der Waals surface area contributed by atoms with Crippen LogP contribution in [0.4, 0.5) is 0 Å². The lowest BCUT2D eigenvalue weighted by molar-refractivity contribution is 0.104. The summed E-state index contributed by atoms with van der Waals surface area (Å²) in [7, 11) is 0. The van der Waals surface area contributed by atoms with Gasteiger partial charge in [0.25, 0.3) is 0 Å². The quantitative estimate of drug-likeness (QED) is 0.292. The van der Waals surface area contributed by atoms with Gasteiger partial charge < -0.3 is 9.52 Å². The third kappa shape index (κ3) is 3.76. The average molecular weight is 406 g/mol. The number of ketones is 1. The highest BCUT2D eigenvalue weighted by Crippen LogP contribution is 2.30. The van der Waals surface area contributed by atoms with Gasteiger partial charge in [-0.05, 0) is 48.6 Å². The van der Waals surface area contributed by atoms with Crippen LogP contribution in [-0.2, 0) is 0 Å². The van der Waals surface area contributed by atoms with E-state index in [2.05, 4.69) is 0 Å². The number of hydrogen-bond donors (Lipinski definition) is 1. The third-order valence-electron chi connectivity index (χ3n) is 4.97. The van der Waals surface area contributed by atoms with Crippen molar-refractivity contribution in [3.8, 4) is 22.9 Å². The first-order valence-electron chi connectivity index (χ1n) is 9.83. The Labute approximate surface area is 178 Å². The molecule has 0 saturated carbocycles. The fourth-order valence-corrected chi connectivity index (χ4v) is 3.43. The van der Waals surface area contributed by atoms with E-state index in [9.17, 15) is 9.90 Å². The fourth-order valence-electron chi connectivity index (χ4n) is 3.43. The number of aromatic hydroxyl groups is 1. The smallest absolute Gasteiger partial charge is 0.185 e. The van der Waals surface area contributed by atoms with Crippen LogP contribution < -0.4 is 0 Å². The molecule has 150 valence electrons. The monoisotopic (exact) mass is 406 g/mol. The highest BCUT2D eigenvalue weighted by Gasteiger charge is 2.15. The minimum Gasteiger partial charge on any atom is -0.508 e. The number of rotatable bonds is 5. The van der Waals surface area contributed by atoms with Crippen LogP contribution in [0.2, 0.25) is 0 Å². The molecule has 0 atom stereocenters. The Morgan fingerprint density at radius 2 is 1.74 bits per heavy atom. The van der Waals surface area contributed by atoms with Gasteiger partial charge in [-0.3, -0.25) is 4.79 Å². The van der Waals surface area contributed by atoms with Crippen LogP contribution in [0.1, 0.15) is 15.9 Å². The largest absolute Gasteiger partial charge is 0.508 e. The normalized spacial score (nSPS) is 11.4. The minimum atomic E-state index is -0.209. The molecule has 31 heavy (non-hydrogen) atoms. The molecule has 0 bridgehead atoms. The van der Waals surface area contributed by atoms with E-state index in [4.69, 9.17) is 9.52 Å². The molecule has 0 fully saturated rings. The molecule has 3 aromatic carbocycles. The van der Waals surface area contributed by atoms with Crippen molar-refractivity contribution in [3.05, 3.63) is 108 Å². The molecular weight excluding hydrogens is 388 g/mol. The molecule has 5 nitrogen and oxygen atoms in total. The van der Waals surface area contributed by atoms with E-state index < -0.39 is 0 Å². The lowest BCUT2D eigenvalue weighted by atomic mass is 10.1. The van der Waals surface area contributed by atoms with Gasteiger partial charge in [-0.25, -0.2) is 4.68 Å². The van der Waals surface area contributed by atoms with E-state index in [1.165, 1.54) is 18.2 Å². The van der Waals surface area contributed by atoms with Crippen LogP contribution in [0.5, 0.6) is 5.75 Å². The first-order chi connectivity index (χ1) is 15.2. The van der Waals surface area contributed by atoms with E-state index in [-0.39, 0.29) is 11.5 Å². The van der Waals surface area contributed by atoms with Crippen LogP contribution in [0.25, 0.3) is 34.2 Å². The van der Waals surface area contributed by atoms with Gasteiger partial charge in [0.2, 0.25) is 0 Å². The summed E-state index contributed by atoms with van der Waals surface area (Å²) in [5, 5.41) is 15.4. The van der Waals surface area contributed by atoms with Crippen molar-refractivity contribution in [2.24, 2.45) is 0 Å². The van der Waals surface area contributed by atoms with Gasteiger partial charge in [0.05, 0.1) is 5.69 Å². The summed E-state index contributed by atoms with van der Waals surface area (Å²) in [6, 6.07) is 25.8. The molecule has 0 unspecified atom stereocenters. The summed E-state index contributed by atoms with van der Waals surface area (Å²) in [4.78, 5) is 12.6. The summed E-state index contributed by atoms with van der Waals surface area (Å²) in [5.74, 6) is 0.471. The van der Waals surface area contributed by atoms with E-state index in [1.54, 1.807) is 22.9 Å². The number of para-hydroxylation sites is 2. The predicted molar refractivity (Wildman–Crippen MR) is 120 cm³/mol. The Bertz CT molecular complexity index is 1380. The van der Waals surface area contributed by atoms with E-state index in [0.717, 1.165) is 22.2 Å². The topological polar surface area (TPSA) is 68.3 Å². The number of aromatic nitrogens is 2. The lowest BCUT2D eigenvalue weighted by Crippen LogP contribution is -1.93. The Hall–Kier alpha value is -4.38. The molecule has 2 aromatic heterocycles. The van der Waals surface area contributed by atoms with Crippen LogP contribution in [0.15, 0.2) is 102 Å². The Kier molecular flexibility index (Phi) is 4.69. The summed E-state index contributed by atoms with van der Waals surface area (Å²) >= 11 is 0. The fraction of sp³-hybridized carbons (Fsp3) is 0. The molecule has 0 spiro atoms. The summed E-state index contributed by atoms with van der Waals surface area (Å²) in [5.41, 5.74) is 3.48. The van der Waals surface area contributed by atoms with Gasteiger partial charge in [-0.15, -0.1) is 0 Å². The number of hydrogen-bond acceptors (Lipinski definition) is 4. The van der Waals surface area contributed by atoms with Crippen LogP contribution in [0, 0.1) is 0 Å². The second-order valence-corrected chi connectivity index (χ2v) is 7.11. The second-order valence-electron chi connectivity index (χ2n) is 7.11. The Balaban J connectivity index is 1.58. The van der Waals surface area contributed by atoms with Gasteiger partial charge in [-0.1, -0.05) is 48.5 Å². The van der Waals surface area contributed by atoms with Crippen molar-refractivity contribution >= 4 is 22.8 Å². The van der Waals surface area contributed by atoms with Gasteiger partial charge in [0.1, 0.15) is 17.0 Å². The molecule has 0 aliphatic heterocycles. The maximum atomic E-state index is 12.6. The van der Waals surface area contributed by atoms with Crippen LogP contribution >= 0.6 is 0 Å². The summed E-state index contributed by atoms with van der Waals surface area (Å²) < 4.78 is 7.79. The van der Waals surface area contributed by atoms with Gasteiger partial charge in [-0.2, -0.15) is 5.10 Å².